The summed E-state index contributed by atoms with van der Waals surface area (Å²) in [7, 11) is 0. The fourth-order valence-electron chi connectivity index (χ4n) is 4.16. The van der Waals surface area contributed by atoms with Gasteiger partial charge in [-0.3, -0.25) is 14.3 Å². The largest absolute Gasteiger partial charge is 0.494 e. The fourth-order valence-corrected chi connectivity index (χ4v) is 5.07. The number of benzene rings is 2. The highest BCUT2D eigenvalue weighted by Crippen LogP contribution is 2.29. The van der Waals surface area contributed by atoms with Gasteiger partial charge in [-0.25, -0.2) is 4.98 Å². The van der Waals surface area contributed by atoms with Gasteiger partial charge in [-0.15, -0.1) is 0 Å². The highest BCUT2D eigenvalue weighted by molar-refractivity contribution is 7.22. The van der Waals surface area contributed by atoms with Gasteiger partial charge in [-0.1, -0.05) is 29.5 Å². The minimum Gasteiger partial charge on any atom is -0.494 e. The standard InChI is InChI=1S/C24H25N5O3S/c1-2-32-16-10-11-18-20(14-16)33-24(25-18)26-21(30)15-29-19-9-5-4-8-17(19)22(27-29)23(31)28-12-6-3-7-13-28/h4-5,8-11,14H,2-3,6-7,12-13,15H2,1H3,(H,25,26,30). The molecule has 1 N–H and O–H groups in total. The molecule has 0 bridgehead atoms. The molecule has 2 amide bonds. The Labute approximate surface area is 195 Å². The molecule has 1 fully saturated rings. The number of aromatic nitrogens is 3. The van der Waals surface area contributed by atoms with E-state index in [0.29, 0.717) is 17.4 Å². The van der Waals surface area contributed by atoms with Crippen LogP contribution in [0.4, 0.5) is 5.13 Å². The summed E-state index contributed by atoms with van der Waals surface area (Å²) in [6.07, 6.45) is 3.18. The van der Waals surface area contributed by atoms with Crippen molar-refractivity contribution in [2.24, 2.45) is 0 Å². The summed E-state index contributed by atoms with van der Waals surface area (Å²) in [6.45, 7) is 4.03. The molecule has 2 aromatic carbocycles. The second kappa shape index (κ2) is 9.19. The van der Waals surface area contributed by atoms with Crippen molar-refractivity contribution in [1.82, 2.24) is 19.7 Å². The average Bonchev–Trinajstić information content (AvgIpc) is 3.40. The second-order valence-corrected chi connectivity index (χ2v) is 9.04. The first kappa shape index (κ1) is 21.4. The Bertz CT molecular complexity index is 1320. The van der Waals surface area contributed by atoms with Crippen molar-refractivity contribution in [3.63, 3.8) is 0 Å². The van der Waals surface area contributed by atoms with Crippen LogP contribution in [0.2, 0.25) is 0 Å². The van der Waals surface area contributed by atoms with Gasteiger partial charge in [0.25, 0.3) is 5.91 Å². The van der Waals surface area contributed by atoms with Gasteiger partial charge in [0.2, 0.25) is 5.91 Å². The molecule has 0 saturated carbocycles. The van der Waals surface area contributed by atoms with E-state index in [1.54, 1.807) is 4.68 Å². The molecule has 33 heavy (non-hydrogen) atoms. The fraction of sp³-hybridized carbons (Fsp3) is 0.333. The predicted molar refractivity (Wildman–Crippen MR) is 129 cm³/mol. The van der Waals surface area contributed by atoms with Crippen molar-refractivity contribution in [3.8, 4) is 5.75 Å². The lowest BCUT2D eigenvalue weighted by molar-refractivity contribution is -0.116. The number of carbonyl (C=O) groups excluding carboxylic acids is 2. The summed E-state index contributed by atoms with van der Waals surface area (Å²) in [5.41, 5.74) is 1.97. The van der Waals surface area contributed by atoms with E-state index < -0.39 is 0 Å². The number of hydrogen-bond acceptors (Lipinski definition) is 6. The molecule has 0 aliphatic carbocycles. The molecule has 1 aliphatic heterocycles. The second-order valence-electron chi connectivity index (χ2n) is 8.01. The molecule has 2 aromatic heterocycles. The van der Waals surface area contributed by atoms with Crippen LogP contribution in [-0.2, 0) is 11.3 Å². The molecule has 3 heterocycles. The molecule has 0 unspecified atom stereocenters. The number of fused-ring (bicyclic) bond motifs is 2. The number of amides is 2. The summed E-state index contributed by atoms with van der Waals surface area (Å²) in [5, 5.41) is 8.71. The van der Waals surface area contributed by atoms with Crippen LogP contribution in [0.5, 0.6) is 5.75 Å². The molecule has 4 aromatic rings. The first-order chi connectivity index (χ1) is 16.1. The maximum Gasteiger partial charge on any atom is 0.275 e. The highest BCUT2D eigenvalue weighted by atomic mass is 32.1. The number of hydrogen-bond donors (Lipinski definition) is 1. The van der Waals surface area contributed by atoms with Gasteiger partial charge < -0.3 is 15.0 Å². The Morgan fingerprint density at radius 1 is 1.12 bits per heavy atom. The smallest absolute Gasteiger partial charge is 0.275 e. The number of rotatable bonds is 6. The Morgan fingerprint density at radius 2 is 1.94 bits per heavy atom. The molecule has 8 nitrogen and oxygen atoms in total. The van der Waals surface area contributed by atoms with Crippen molar-refractivity contribution in [1.29, 1.82) is 0 Å². The van der Waals surface area contributed by atoms with Crippen LogP contribution < -0.4 is 10.1 Å². The van der Waals surface area contributed by atoms with Crippen LogP contribution in [0.25, 0.3) is 21.1 Å². The summed E-state index contributed by atoms with van der Waals surface area (Å²) in [6, 6.07) is 13.2. The van der Waals surface area contributed by atoms with Gasteiger partial charge in [0, 0.05) is 18.5 Å². The third-order valence-corrected chi connectivity index (χ3v) is 6.65. The van der Waals surface area contributed by atoms with E-state index in [0.717, 1.165) is 59.2 Å². The Hall–Kier alpha value is -3.46. The number of thiazole rings is 1. The SMILES string of the molecule is CCOc1ccc2nc(NC(=O)Cn3nc(C(=O)N4CCCCC4)c4ccccc43)sc2c1. The highest BCUT2D eigenvalue weighted by Gasteiger charge is 2.24. The van der Waals surface area contributed by atoms with Crippen LogP contribution in [0.3, 0.4) is 0 Å². The molecule has 0 atom stereocenters. The van der Waals surface area contributed by atoms with Gasteiger partial charge in [0.05, 0.1) is 22.3 Å². The van der Waals surface area contributed by atoms with Crippen LogP contribution in [0, 0.1) is 0 Å². The topological polar surface area (TPSA) is 89.3 Å². The van der Waals surface area contributed by atoms with Crippen molar-refractivity contribution in [2.45, 2.75) is 32.7 Å². The van der Waals surface area contributed by atoms with E-state index in [-0.39, 0.29) is 18.4 Å². The molecule has 9 heteroatoms. The molecule has 1 saturated heterocycles. The first-order valence-electron chi connectivity index (χ1n) is 11.2. The molecule has 5 rings (SSSR count). The lowest BCUT2D eigenvalue weighted by atomic mass is 10.1. The van der Waals surface area contributed by atoms with Gasteiger partial charge >= 0.3 is 0 Å². The minimum absolute atomic E-state index is 0.00604. The summed E-state index contributed by atoms with van der Waals surface area (Å²) in [4.78, 5) is 32.3. The van der Waals surface area contributed by atoms with Gasteiger partial charge in [0.15, 0.2) is 10.8 Å². The Morgan fingerprint density at radius 3 is 2.76 bits per heavy atom. The maximum atomic E-state index is 13.1. The van der Waals surface area contributed by atoms with Crippen LogP contribution >= 0.6 is 11.3 Å². The van der Waals surface area contributed by atoms with E-state index in [9.17, 15) is 9.59 Å². The van der Waals surface area contributed by atoms with Crippen LogP contribution in [-0.4, -0.2) is 51.2 Å². The molecule has 0 spiro atoms. The monoisotopic (exact) mass is 463 g/mol. The number of nitrogens with one attached hydrogen (secondary N) is 1. The van der Waals surface area contributed by atoms with E-state index in [1.165, 1.54) is 11.3 Å². The lowest BCUT2D eigenvalue weighted by Crippen LogP contribution is -2.36. The quantitative estimate of drug-likeness (QED) is 0.460. The van der Waals surface area contributed by atoms with E-state index in [2.05, 4.69) is 15.4 Å². The van der Waals surface area contributed by atoms with Gasteiger partial charge in [0.1, 0.15) is 12.3 Å². The van der Waals surface area contributed by atoms with E-state index in [1.807, 2.05) is 54.3 Å². The third-order valence-electron chi connectivity index (χ3n) is 5.71. The van der Waals surface area contributed by atoms with Gasteiger partial charge in [-0.2, -0.15) is 5.10 Å². The molecular formula is C24H25N5O3S. The molecule has 0 radical (unpaired) electrons. The number of anilines is 1. The van der Waals surface area contributed by atoms with E-state index >= 15 is 0 Å². The Balaban J connectivity index is 1.36. The summed E-state index contributed by atoms with van der Waals surface area (Å²) >= 11 is 1.40. The lowest BCUT2D eigenvalue weighted by Gasteiger charge is -2.25. The van der Waals surface area contributed by atoms with Crippen LogP contribution in [0.1, 0.15) is 36.7 Å². The van der Waals surface area contributed by atoms with Gasteiger partial charge in [-0.05, 0) is 50.5 Å². The number of para-hydroxylation sites is 1. The van der Waals surface area contributed by atoms with Crippen molar-refractivity contribution < 1.29 is 14.3 Å². The number of nitrogens with zero attached hydrogens (tertiary/aromatic N) is 4. The average molecular weight is 464 g/mol. The third kappa shape index (κ3) is 4.41. The number of carbonyl (C=O) groups is 2. The maximum absolute atomic E-state index is 13.1. The van der Waals surface area contributed by atoms with Crippen molar-refractivity contribution in [3.05, 3.63) is 48.2 Å². The number of likely N-dealkylation sites (tertiary alicyclic amines) is 1. The first-order valence-corrected chi connectivity index (χ1v) is 12.0. The molecular weight excluding hydrogens is 438 g/mol. The zero-order valence-corrected chi connectivity index (χ0v) is 19.2. The molecule has 1 aliphatic rings. The summed E-state index contributed by atoms with van der Waals surface area (Å²) < 4.78 is 8.08. The Kier molecular flexibility index (Phi) is 5.95. The van der Waals surface area contributed by atoms with Crippen LogP contribution in [0.15, 0.2) is 42.5 Å². The molecule has 170 valence electrons. The zero-order chi connectivity index (χ0) is 22.8. The summed E-state index contributed by atoms with van der Waals surface area (Å²) in [5.74, 6) is 0.464. The normalized spacial score (nSPS) is 14.0. The van der Waals surface area contributed by atoms with Crippen molar-refractivity contribution >= 4 is 49.4 Å². The number of piperidine rings is 1. The zero-order valence-electron chi connectivity index (χ0n) is 18.4. The predicted octanol–water partition coefficient (Wildman–Crippen LogP) is 4.31. The minimum atomic E-state index is -0.246. The number of ether oxygens (including phenoxy) is 1. The van der Waals surface area contributed by atoms with Crippen molar-refractivity contribution in [2.75, 3.05) is 25.0 Å². The van der Waals surface area contributed by atoms with E-state index in [4.69, 9.17) is 4.74 Å².